The number of carbonyl (C=O) groups is 2. The standard InChI is InChI=1S/C17H23NO4/c1-12-14(10-18(12)16(20)22-17(2,3)4)11-21-15(19)13-8-6-5-7-9-13/h5-9,12,14H,10-11H2,1-4H3/t12-,14?/m0/s1. The Balaban J connectivity index is 1.78. The Kier molecular flexibility index (Phi) is 4.74. The number of hydrogen-bond acceptors (Lipinski definition) is 4. The molecule has 1 unspecified atom stereocenters. The lowest BCUT2D eigenvalue weighted by Gasteiger charge is -2.45. The fourth-order valence-corrected chi connectivity index (χ4v) is 2.28. The Bertz CT molecular complexity index is 535. The number of amides is 1. The van der Waals surface area contributed by atoms with Crippen molar-refractivity contribution >= 4 is 12.1 Å². The molecule has 1 aliphatic rings. The van der Waals surface area contributed by atoms with Gasteiger partial charge in [0.05, 0.1) is 12.2 Å². The van der Waals surface area contributed by atoms with Crippen molar-refractivity contribution in [3.05, 3.63) is 35.9 Å². The fraction of sp³-hybridized carbons (Fsp3) is 0.529. The van der Waals surface area contributed by atoms with Crippen molar-refractivity contribution in [3.8, 4) is 0 Å². The third kappa shape index (κ3) is 4.00. The van der Waals surface area contributed by atoms with Crippen LogP contribution in [-0.4, -0.2) is 41.8 Å². The van der Waals surface area contributed by atoms with Crippen molar-refractivity contribution in [2.45, 2.75) is 39.3 Å². The average Bonchev–Trinajstić information content (AvgIpc) is 2.44. The van der Waals surface area contributed by atoms with Gasteiger partial charge in [0.25, 0.3) is 0 Å². The van der Waals surface area contributed by atoms with Crippen LogP contribution in [0.1, 0.15) is 38.1 Å². The van der Waals surface area contributed by atoms with Crippen LogP contribution in [0, 0.1) is 5.92 Å². The first kappa shape index (κ1) is 16.3. The van der Waals surface area contributed by atoms with Gasteiger partial charge in [-0.15, -0.1) is 0 Å². The zero-order valence-electron chi connectivity index (χ0n) is 13.5. The van der Waals surface area contributed by atoms with Crippen LogP contribution >= 0.6 is 0 Å². The van der Waals surface area contributed by atoms with Crippen LogP contribution in [0.3, 0.4) is 0 Å². The topological polar surface area (TPSA) is 55.8 Å². The Morgan fingerprint density at radius 3 is 2.41 bits per heavy atom. The van der Waals surface area contributed by atoms with Crippen molar-refractivity contribution in [2.24, 2.45) is 5.92 Å². The summed E-state index contributed by atoms with van der Waals surface area (Å²) in [6.07, 6.45) is -0.314. The van der Waals surface area contributed by atoms with E-state index in [1.54, 1.807) is 29.2 Å². The molecule has 0 spiro atoms. The average molecular weight is 305 g/mol. The number of benzene rings is 1. The third-order valence-corrected chi connectivity index (χ3v) is 3.67. The highest BCUT2D eigenvalue weighted by atomic mass is 16.6. The zero-order valence-corrected chi connectivity index (χ0v) is 13.5. The molecular formula is C17H23NO4. The number of rotatable bonds is 3. The Morgan fingerprint density at radius 2 is 1.86 bits per heavy atom. The Hall–Kier alpha value is -2.04. The molecule has 1 saturated heterocycles. The minimum atomic E-state index is -0.498. The predicted molar refractivity (Wildman–Crippen MR) is 82.6 cm³/mol. The lowest BCUT2D eigenvalue weighted by molar-refractivity contribution is -0.0419. The van der Waals surface area contributed by atoms with E-state index < -0.39 is 5.60 Å². The normalized spacial score (nSPS) is 21.0. The number of hydrogen-bond donors (Lipinski definition) is 0. The summed E-state index contributed by atoms with van der Waals surface area (Å²) in [6.45, 7) is 8.33. The second kappa shape index (κ2) is 6.38. The smallest absolute Gasteiger partial charge is 0.410 e. The molecule has 0 aliphatic carbocycles. The highest BCUT2D eigenvalue weighted by Gasteiger charge is 2.41. The maximum atomic E-state index is 12.0. The Labute approximate surface area is 131 Å². The molecule has 0 aromatic heterocycles. The van der Waals surface area contributed by atoms with Crippen molar-refractivity contribution in [3.63, 3.8) is 0 Å². The summed E-state index contributed by atoms with van der Waals surface area (Å²) >= 11 is 0. The van der Waals surface area contributed by atoms with E-state index in [1.807, 2.05) is 33.8 Å². The lowest BCUT2D eigenvalue weighted by atomic mass is 9.91. The van der Waals surface area contributed by atoms with Crippen LogP contribution < -0.4 is 0 Å². The molecule has 1 fully saturated rings. The molecule has 1 aliphatic heterocycles. The van der Waals surface area contributed by atoms with Gasteiger partial charge in [-0.05, 0) is 39.8 Å². The lowest BCUT2D eigenvalue weighted by Crippen LogP contribution is -2.59. The van der Waals surface area contributed by atoms with Gasteiger partial charge in [-0.1, -0.05) is 18.2 Å². The minimum Gasteiger partial charge on any atom is -0.462 e. The molecule has 0 saturated carbocycles. The fourth-order valence-electron chi connectivity index (χ4n) is 2.28. The van der Waals surface area contributed by atoms with E-state index in [2.05, 4.69) is 0 Å². The van der Waals surface area contributed by atoms with E-state index in [9.17, 15) is 9.59 Å². The van der Waals surface area contributed by atoms with Crippen LogP contribution in [0.25, 0.3) is 0 Å². The molecule has 1 aromatic carbocycles. The highest BCUT2D eigenvalue weighted by Crippen LogP contribution is 2.27. The van der Waals surface area contributed by atoms with Crippen LogP contribution in [-0.2, 0) is 9.47 Å². The van der Waals surface area contributed by atoms with Crippen molar-refractivity contribution in [1.29, 1.82) is 0 Å². The quantitative estimate of drug-likeness (QED) is 0.805. The summed E-state index contributed by atoms with van der Waals surface area (Å²) in [4.78, 5) is 25.5. The second-order valence-corrected chi connectivity index (χ2v) is 6.60. The molecule has 0 bridgehead atoms. The molecule has 1 aromatic rings. The maximum absolute atomic E-state index is 12.0. The van der Waals surface area contributed by atoms with Gasteiger partial charge in [0, 0.05) is 18.5 Å². The largest absolute Gasteiger partial charge is 0.462 e. The van der Waals surface area contributed by atoms with Gasteiger partial charge in [-0.2, -0.15) is 0 Å². The zero-order chi connectivity index (χ0) is 16.3. The molecule has 2 atom stereocenters. The molecule has 2 rings (SSSR count). The molecule has 1 amide bonds. The van der Waals surface area contributed by atoms with Gasteiger partial charge < -0.3 is 14.4 Å². The summed E-state index contributed by atoms with van der Waals surface area (Å²) in [5.74, 6) is -0.177. The SMILES string of the molecule is C[C@H]1C(COC(=O)c2ccccc2)CN1C(=O)OC(C)(C)C. The van der Waals surface area contributed by atoms with Gasteiger partial charge in [-0.3, -0.25) is 0 Å². The van der Waals surface area contributed by atoms with Gasteiger partial charge in [0.1, 0.15) is 5.60 Å². The predicted octanol–water partition coefficient (Wildman–Crippen LogP) is 3.10. The molecule has 0 radical (unpaired) electrons. The first-order chi connectivity index (χ1) is 10.3. The summed E-state index contributed by atoms with van der Waals surface area (Å²) in [5.41, 5.74) is 0.0419. The Morgan fingerprint density at radius 1 is 1.23 bits per heavy atom. The highest BCUT2D eigenvalue weighted by molar-refractivity contribution is 5.89. The van der Waals surface area contributed by atoms with Crippen LogP contribution in [0.4, 0.5) is 4.79 Å². The van der Waals surface area contributed by atoms with E-state index in [0.717, 1.165) is 0 Å². The van der Waals surface area contributed by atoms with Crippen LogP contribution in [0.5, 0.6) is 0 Å². The second-order valence-electron chi connectivity index (χ2n) is 6.60. The number of nitrogens with zero attached hydrogens (tertiary/aromatic N) is 1. The molecule has 5 heteroatoms. The van der Waals surface area contributed by atoms with E-state index in [-0.39, 0.29) is 24.0 Å². The van der Waals surface area contributed by atoms with E-state index in [0.29, 0.717) is 18.7 Å². The number of carbonyl (C=O) groups excluding carboxylic acids is 2. The monoisotopic (exact) mass is 305 g/mol. The van der Waals surface area contributed by atoms with Gasteiger partial charge in [-0.25, -0.2) is 9.59 Å². The molecule has 5 nitrogen and oxygen atoms in total. The number of esters is 1. The van der Waals surface area contributed by atoms with Crippen molar-refractivity contribution in [2.75, 3.05) is 13.2 Å². The molecule has 0 N–H and O–H groups in total. The summed E-state index contributed by atoms with van der Waals surface area (Å²) < 4.78 is 10.6. The van der Waals surface area contributed by atoms with Gasteiger partial charge in [0.15, 0.2) is 0 Å². The third-order valence-electron chi connectivity index (χ3n) is 3.67. The molecule has 22 heavy (non-hydrogen) atoms. The van der Waals surface area contributed by atoms with Crippen molar-refractivity contribution in [1.82, 2.24) is 4.90 Å². The van der Waals surface area contributed by atoms with Gasteiger partial charge in [0.2, 0.25) is 0 Å². The molecule has 1 heterocycles. The number of ether oxygens (including phenoxy) is 2. The van der Waals surface area contributed by atoms with E-state index in [4.69, 9.17) is 9.47 Å². The van der Waals surface area contributed by atoms with E-state index in [1.165, 1.54) is 0 Å². The number of likely N-dealkylation sites (tertiary alicyclic amines) is 1. The van der Waals surface area contributed by atoms with Crippen molar-refractivity contribution < 1.29 is 19.1 Å². The summed E-state index contributed by atoms with van der Waals surface area (Å²) in [6, 6.07) is 8.90. The summed E-state index contributed by atoms with van der Waals surface area (Å²) in [7, 11) is 0. The maximum Gasteiger partial charge on any atom is 0.410 e. The van der Waals surface area contributed by atoms with Gasteiger partial charge >= 0.3 is 12.1 Å². The van der Waals surface area contributed by atoms with Crippen LogP contribution in [0.15, 0.2) is 30.3 Å². The van der Waals surface area contributed by atoms with Crippen LogP contribution in [0.2, 0.25) is 0 Å². The first-order valence-electron chi connectivity index (χ1n) is 7.50. The molecule has 120 valence electrons. The molecular weight excluding hydrogens is 282 g/mol. The summed E-state index contributed by atoms with van der Waals surface area (Å²) in [5, 5.41) is 0. The first-order valence-corrected chi connectivity index (χ1v) is 7.50. The van der Waals surface area contributed by atoms with E-state index >= 15 is 0 Å². The minimum absolute atomic E-state index is 0.0124.